The average molecular weight is 348 g/mol. The summed E-state index contributed by atoms with van der Waals surface area (Å²) < 4.78 is 0. The standard InChI is InChI=1S/C22H35O3/c1-3-4-5-6-7-8-9-10-11-12-13-14-19-24-25-22(23)21-17-15-20(2)16-18-21/h15-18H,1,3-14,19H2,2H3. The Kier molecular flexibility index (Phi) is 13.0. The van der Waals surface area contributed by atoms with Crippen molar-refractivity contribution < 1.29 is 14.6 Å². The quantitative estimate of drug-likeness (QED) is 0.204. The van der Waals surface area contributed by atoms with Gasteiger partial charge in [-0.25, -0.2) is 4.79 Å². The van der Waals surface area contributed by atoms with Crippen LogP contribution in [0.15, 0.2) is 24.3 Å². The Bertz CT molecular complexity index is 439. The zero-order valence-electron chi connectivity index (χ0n) is 15.9. The third-order valence-corrected chi connectivity index (χ3v) is 4.40. The first-order chi connectivity index (χ1) is 12.2. The molecule has 0 N–H and O–H groups in total. The van der Waals surface area contributed by atoms with Crippen molar-refractivity contribution in [3.05, 3.63) is 42.3 Å². The van der Waals surface area contributed by atoms with Gasteiger partial charge in [-0.2, -0.15) is 4.89 Å². The number of carbonyl (C=O) groups is 1. The van der Waals surface area contributed by atoms with Gasteiger partial charge < -0.3 is 0 Å². The number of hydrogen-bond acceptors (Lipinski definition) is 3. The van der Waals surface area contributed by atoms with E-state index in [-0.39, 0.29) is 0 Å². The van der Waals surface area contributed by atoms with Gasteiger partial charge in [-0.15, -0.1) is 0 Å². The highest BCUT2D eigenvalue weighted by Gasteiger charge is 2.07. The molecule has 0 saturated carbocycles. The van der Waals surface area contributed by atoms with Crippen molar-refractivity contribution in [2.45, 2.75) is 84.0 Å². The van der Waals surface area contributed by atoms with Gasteiger partial charge in [0.1, 0.15) is 0 Å². The molecule has 3 heteroatoms. The average Bonchev–Trinajstić information content (AvgIpc) is 2.62. The van der Waals surface area contributed by atoms with Crippen molar-refractivity contribution in [2.75, 3.05) is 6.61 Å². The van der Waals surface area contributed by atoms with Crippen LogP contribution in [0.5, 0.6) is 0 Å². The molecule has 1 radical (unpaired) electrons. The van der Waals surface area contributed by atoms with E-state index >= 15 is 0 Å². The lowest BCUT2D eigenvalue weighted by atomic mass is 10.1. The second-order valence-corrected chi connectivity index (χ2v) is 6.80. The summed E-state index contributed by atoms with van der Waals surface area (Å²) in [5.74, 6) is -0.421. The van der Waals surface area contributed by atoms with Gasteiger partial charge in [0, 0.05) is 0 Å². The van der Waals surface area contributed by atoms with E-state index in [1.807, 2.05) is 19.1 Å². The molecule has 0 amide bonds. The molecule has 0 aromatic heterocycles. The van der Waals surface area contributed by atoms with Crippen LogP contribution in [0, 0.1) is 13.8 Å². The molecule has 0 atom stereocenters. The predicted octanol–water partition coefficient (Wildman–Crippen LogP) is 6.60. The van der Waals surface area contributed by atoms with Gasteiger partial charge in [-0.05, 0) is 25.5 Å². The Morgan fingerprint density at radius 2 is 1.28 bits per heavy atom. The fourth-order valence-electron chi connectivity index (χ4n) is 2.76. The Morgan fingerprint density at radius 3 is 1.80 bits per heavy atom. The minimum absolute atomic E-state index is 0.421. The highest BCUT2D eigenvalue weighted by Crippen LogP contribution is 2.12. The van der Waals surface area contributed by atoms with Gasteiger partial charge in [0.15, 0.2) is 0 Å². The second-order valence-electron chi connectivity index (χ2n) is 6.80. The van der Waals surface area contributed by atoms with Crippen LogP contribution in [0.2, 0.25) is 0 Å². The maximum absolute atomic E-state index is 11.7. The molecule has 0 aliphatic heterocycles. The lowest BCUT2D eigenvalue weighted by Gasteiger charge is -2.05. The van der Waals surface area contributed by atoms with Crippen LogP contribution in [0.3, 0.4) is 0 Å². The molecule has 0 aliphatic carbocycles. The molecule has 3 nitrogen and oxygen atoms in total. The molecule has 0 heterocycles. The van der Waals surface area contributed by atoms with Crippen molar-refractivity contribution >= 4 is 5.97 Å². The molecule has 141 valence electrons. The van der Waals surface area contributed by atoms with Crippen molar-refractivity contribution in [3.8, 4) is 0 Å². The first kappa shape index (κ1) is 21.7. The molecule has 1 aromatic carbocycles. The minimum Gasteiger partial charge on any atom is -0.293 e. The van der Waals surface area contributed by atoms with Crippen LogP contribution >= 0.6 is 0 Å². The van der Waals surface area contributed by atoms with Crippen LogP contribution in [-0.2, 0) is 9.78 Å². The number of rotatable bonds is 15. The van der Waals surface area contributed by atoms with Crippen molar-refractivity contribution in [2.24, 2.45) is 0 Å². The van der Waals surface area contributed by atoms with Gasteiger partial charge in [-0.1, -0.05) is 95.2 Å². The summed E-state index contributed by atoms with van der Waals surface area (Å²) in [6.07, 6.45) is 15.1. The Hall–Kier alpha value is -1.35. The molecule has 0 bridgehead atoms. The summed E-state index contributed by atoms with van der Waals surface area (Å²) in [6.45, 7) is 6.33. The first-order valence-corrected chi connectivity index (χ1v) is 9.93. The molecule has 1 aromatic rings. The van der Waals surface area contributed by atoms with Crippen molar-refractivity contribution in [3.63, 3.8) is 0 Å². The predicted molar refractivity (Wildman–Crippen MR) is 103 cm³/mol. The molecule has 0 fully saturated rings. The van der Waals surface area contributed by atoms with Gasteiger partial charge in [0.05, 0.1) is 12.2 Å². The van der Waals surface area contributed by atoms with E-state index in [0.29, 0.717) is 12.2 Å². The SMILES string of the molecule is [CH2]CCCCCCCCCCCCCOOC(=O)c1ccc(C)cc1. The maximum Gasteiger partial charge on any atom is 0.373 e. The summed E-state index contributed by atoms with van der Waals surface area (Å²) in [5.41, 5.74) is 1.64. The minimum atomic E-state index is -0.421. The fourth-order valence-corrected chi connectivity index (χ4v) is 2.76. The van der Waals surface area contributed by atoms with Crippen LogP contribution in [0.25, 0.3) is 0 Å². The van der Waals surface area contributed by atoms with E-state index in [1.165, 1.54) is 57.8 Å². The summed E-state index contributed by atoms with van der Waals surface area (Å²) in [6, 6.07) is 7.28. The van der Waals surface area contributed by atoms with E-state index in [2.05, 4.69) is 6.92 Å². The van der Waals surface area contributed by atoms with Gasteiger partial charge in [-0.3, -0.25) is 4.89 Å². The van der Waals surface area contributed by atoms with Crippen molar-refractivity contribution in [1.82, 2.24) is 0 Å². The maximum atomic E-state index is 11.7. The lowest BCUT2D eigenvalue weighted by Crippen LogP contribution is -2.07. The number of hydrogen-bond donors (Lipinski definition) is 0. The molecule has 0 unspecified atom stereocenters. The number of unbranched alkanes of at least 4 members (excludes halogenated alkanes) is 11. The molecular weight excluding hydrogens is 312 g/mol. The van der Waals surface area contributed by atoms with Gasteiger partial charge in [0.25, 0.3) is 0 Å². The van der Waals surface area contributed by atoms with E-state index in [0.717, 1.165) is 24.8 Å². The monoisotopic (exact) mass is 347 g/mol. The molecule has 1 rings (SSSR count). The highest BCUT2D eigenvalue weighted by molar-refractivity contribution is 5.88. The summed E-state index contributed by atoms with van der Waals surface area (Å²) in [7, 11) is 0. The summed E-state index contributed by atoms with van der Waals surface area (Å²) in [5, 5.41) is 0. The molecule has 0 spiro atoms. The first-order valence-electron chi connectivity index (χ1n) is 9.93. The number of benzene rings is 1. The third kappa shape index (κ3) is 11.8. The fraction of sp³-hybridized carbons (Fsp3) is 0.636. The Morgan fingerprint density at radius 1 is 0.800 bits per heavy atom. The zero-order chi connectivity index (χ0) is 18.2. The van der Waals surface area contributed by atoms with Gasteiger partial charge in [0.2, 0.25) is 0 Å². The van der Waals surface area contributed by atoms with E-state index in [4.69, 9.17) is 9.78 Å². The highest BCUT2D eigenvalue weighted by atomic mass is 17.2. The smallest absolute Gasteiger partial charge is 0.293 e. The number of carbonyl (C=O) groups excluding carboxylic acids is 1. The summed E-state index contributed by atoms with van der Waals surface area (Å²) >= 11 is 0. The lowest BCUT2D eigenvalue weighted by molar-refractivity contribution is -0.241. The molecule has 0 aliphatic rings. The van der Waals surface area contributed by atoms with E-state index < -0.39 is 5.97 Å². The molecular formula is C22H35O3. The Balaban J connectivity index is 1.84. The third-order valence-electron chi connectivity index (χ3n) is 4.40. The van der Waals surface area contributed by atoms with Gasteiger partial charge >= 0.3 is 5.97 Å². The topological polar surface area (TPSA) is 35.5 Å². The normalized spacial score (nSPS) is 10.8. The Labute approximate surface area is 154 Å². The number of aryl methyl sites for hydroxylation is 1. The molecule has 0 saturated heterocycles. The zero-order valence-corrected chi connectivity index (χ0v) is 15.9. The van der Waals surface area contributed by atoms with Crippen molar-refractivity contribution in [1.29, 1.82) is 0 Å². The van der Waals surface area contributed by atoms with Crippen LogP contribution in [-0.4, -0.2) is 12.6 Å². The van der Waals surface area contributed by atoms with Crippen LogP contribution in [0.1, 0.15) is 93.0 Å². The molecule has 25 heavy (non-hydrogen) atoms. The second kappa shape index (κ2) is 14.9. The van der Waals surface area contributed by atoms with E-state index in [9.17, 15) is 4.79 Å². The van der Waals surface area contributed by atoms with E-state index in [1.54, 1.807) is 12.1 Å². The largest absolute Gasteiger partial charge is 0.373 e. The summed E-state index contributed by atoms with van der Waals surface area (Å²) in [4.78, 5) is 21.6. The van der Waals surface area contributed by atoms with Crippen LogP contribution < -0.4 is 0 Å². The van der Waals surface area contributed by atoms with Crippen LogP contribution in [0.4, 0.5) is 0 Å².